The zero-order chi connectivity index (χ0) is 18.1. The van der Waals surface area contributed by atoms with E-state index in [1.165, 1.54) is 0 Å². The van der Waals surface area contributed by atoms with Crippen molar-refractivity contribution in [1.29, 1.82) is 0 Å². The number of nitrogens with zero attached hydrogens (tertiary/aromatic N) is 2. The van der Waals surface area contributed by atoms with Gasteiger partial charge in [-0.1, -0.05) is 11.6 Å². The number of carbonyl (C=O) groups is 1. The van der Waals surface area contributed by atoms with Crippen LogP contribution < -0.4 is 11.1 Å². The largest absolute Gasteiger partial charge is 0.378 e. The number of anilines is 1. The number of carbonyl (C=O) groups excluding carboxylic acids is 1. The van der Waals surface area contributed by atoms with Crippen LogP contribution in [0.25, 0.3) is 21.8 Å². The Morgan fingerprint density at radius 3 is 3.11 bits per heavy atom. The number of morpholine rings is 1. The number of rotatable bonds is 4. The molecule has 1 amide bonds. The van der Waals surface area contributed by atoms with E-state index in [2.05, 4.69) is 20.2 Å². The van der Waals surface area contributed by atoms with Crippen molar-refractivity contribution in [2.45, 2.75) is 6.04 Å². The number of nitrogens with one attached hydrogen (secondary N) is 2. The third kappa shape index (κ3) is 3.88. The van der Waals surface area contributed by atoms with Gasteiger partial charge in [-0.05, 0) is 18.2 Å². The van der Waals surface area contributed by atoms with Crippen LogP contribution in [-0.2, 0) is 9.53 Å². The predicted molar refractivity (Wildman–Crippen MR) is 110 cm³/mol. The summed E-state index contributed by atoms with van der Waals surface area (Å²) >= 11 is 6.30. The Hall–Kier alpha value is -1.90. The highest BCUT2D eigenvalue weighted by Gasteiger charge is 2.29. The number of aromatic nitrogens is 2. The van der Waals surface area contributed by atoms with E-state index in [0.29, 0.717) is 43.6 Å². The molecule has 9 heteroatoms. The summed E-state index contributed by atoms with van der Waals surface area (Å²) in [5, 5.41) is 5.53. The first-order valence-corrected chi connectivity index (χ1v) is 8.93. The summed E-state index contributed by atoms with van der Waals surface area (Å²) in [5.74, 6) is -0.126. The van der Waals surface area contributed by atoms with Crippen molar-refractivity contribution in [1.82, 2.24) is 14.9 Å². The lowest BCUT2D eigenvalue weighted by Gasteiger charge is -2.34. The van der Waals surface area contributed by atoms with Gasteiger partial charge >= 0.3 is 0 Å². The molecule has 0 radical (unpaired) electrons. The van der Waals surface area contributed by atoms with Crippen LogP contribution in [0.5, 0.6) is 0 Å². The highest BCUT2D eigenvalue weighted by Crippen LogP contribution is 2.33. The van der Waals surface area contributed by atoms with E-state index in [1.54, 1.807) is 18.5 Å². The van der Waals surface area contributed by atoms with E-state index < -0.39 is 0 Å². The van der Waals surface area contributed by atoms with Gasteiger partial charge in [-0.3, -0.25) is 14.7 Å². The lowest BCUT2D eigenvalue weighted by atomic mass is 10.1. The predicted octanol–water partition coefficient (Wildman–Crippen LogP) is 2.39. The molecule has 7 nitrogen and oxygen atoms in total. The molecule has 1 aromatic carbocycles. The molecule has 1 fully saturated rings. The number of hydrogen-bond acceptors (Lipinski definition) is 5. The number of fused-ring (bicyclic) bond motifs is 3. The van der Waals surface area contributed by atoms with Crippen LogP contribution in [0.2, 0.25) is 5.02 Å². The molecule has 0 aliphatic carbocycles. The third-order valence-corrected chi connectivity index (χ3v) is 4.91. The molecular weight excluding hydrogens is 389 g/mol. The molecule has 0 spiro atoms. The molecule has 1 aliphatic heterocycles. The molecule has 1 saturated heterocycles. The molecule has 1 unspecified atom stereocenters. The molecule has 2 aromatic heterocycles. The van der Waals surface area contributed by atoms with E-state index in [-0.39, 0.29) is 24.4 Å². The number of benzene rings is 1. The molecule has 1 aliphatic rings. The third-order valence-electron chi connectivity index (χ3n) is 4.69. The number of nitrogens with two attached hydrogens (primary N) is 1. The Morgan fingerprint density at radius 2 is 2.30 bits per heavy atom. The summed E-state index contributed by atoms with van der Waals surface area (Å²) in [7, 11) is 0. The fourth-order valence-corrected chi connectivity index (χ4v) is 3.66. The van der Waals surface area contributed by atoms with E-state index in [0.717, 1.165) is 21.8 Å². The summed E-state index contributed by atoms with van der Waals surface area (Å²) in [6, 6.07) is 5.19. The summed E-state index contributed by atoms with van der Waals surface area (Å²) < 4.78 is 5.49. The van der Waals surface area contributed by atoms with Gasteiger partial charge < -0.3 is 20.8 Å². The van der Waals surface area contributed by atoms with Gasteiger partial charge in [0, 0.05) is 41.6 Å². The zero-order valence-corrected chi connectivity index (χ0v) is 16.1. The molecule has 3 aromatic rings. The Labute approximate surface area is 167 Å². The van der Waals surface area contributed by atoms with Crippen LogP contribution in [0, 0.1) is 0 Å². The normalized spacial score (nSPS) is 17.8. The molecule has 27 heavy (non-hydrogen) atoms. The maximum atomic E-state index is 12.9. The van der Waals surface area contributed by atoms with Gasteiger partial charge in [0.15, 0.2) is 0 Å². The number of amides is 1. The number of H-pyrrole nitrogens is 1. The molecular formula is C18H21Cl2N5O2. The van der Waals surface area contributed by atoms with E-state index in [9.17, 15) is 4.79 Å². The highest BCUT2D eigenvalue weighted by atomic mass is 35.5. The number of hydrogen-bond donors (Lipinski definition) is 3. The van der Waals surface area contributed by atoms with Crippen LogP contribution in [0.15, 0.2) is 30.6 Å². The second kappa shape index (κ2) is 8.41. The minimum atomic E-state index is -0.368. The number of ether oxygens (including phenoxy) is 1. The van der Waals surface area contributed by atoms with Gasteiger partial charge in [-0.25, -0.2) is 0 Å². The second-order valence-electron chi connectivity index (χ2n) is 6.33. The monoisotopic (exact) mass is 409 g/mol. The van der Waals surface area contributed by atoms with E-state index >= 15 is 0 Å². The molecule has 1 atom stereocenters. The Balaban J connectivity index is 0.00000210. The van der Waals surface area contributed by atoms with Gasteiger partial charge in [0.1, 0.15) is 6.04 Å². The van der Waals surface area contributed by atoms with Crippen LogP contribution in [-0.4, -0.2) is 59.7 Å². The molecule has 0 saturated carbocycles. The van der Waals surface area contributed by atoms with Crippen molar-refractivity contribution in [2.24, 2.45) is 5.73 Å². The average molecular weight is 410 g/mol. The van der Waals surface area contributed by atoms with Gasteiger partial charge in [0.05, 0.1) is 36.1 Å². The lowest BCUT2D eigenvalue weighted by Crippen LogP contribution is -2.53. The first-order chi connectivity index (χ1) is 12.7. The minimum Gasteiger partial charge on any atom is -0.378 e. The first-order valence-electron chi connectivity index (χ1n) is 8.55. The number of pyridine rings is 1. The number of halogens is 2. The van der Waals surface area contributed by atoms with Crippen LogP contribution >= 0.6 is 24.0 Å². The van der Waals surface area contributed by atoms with E-state index in [4.69, 9.17) is 22.1 Å². The fraction of sp³-hybridized carbons (Fsp3) is 0.333. The van der Waals surface area contributed by atoms with Crippen molar-refractivity contribution in [3.05, 3.63) is 35.6 Å². The molecule has 144 valence electrons. The standard InChI is InChI=1S/C18H20ClN5O2.ClH/c19-11-7-13-12-1-3-21-9-15(12)22-17(13)14(8-11)23-18(25)16-10-26-6-5-24(16)4-2-20;/h1,3,7-9,16,22H,2,4-6,10,20H2,(H,23,25);1H. The molecule has 4 rings (SSSR count). The van der Waals surface area contributed by atoms with Gasteiger partial charge in [0.2, 0.25) is 5.91 Å². The first kappa shape index (κ1) is 19.9. The SMILES string of the molecule is Cl.NCCN1CCOCC1C(=O)Nc1cc(Cl)cc2c1[nH]c1cnccc12. The fourth-order valence-electron chi connectivity index (χ4n) is 3.45. The summed E-state index contributed by atoms with van der Waals surface area (Å²) in [4.78, 5) is 22.4. The zero-order valence-electron chi connectivity index (χ0n) is 14.6. The topological polar surface area (TPSA) is 96.3 Å². The van der Waals surface area contributed by atoms with Crippen LogP contribution in [0.3, 0.4) is 0 Å². The molecule has 0 bridgehead atoms. The molecule has 3 heterocycles. The maximum absolute atomic E-state index is 12.9. The Morgan fingerprint density at radius 1 is 1.44 bits per heavy atom. The minimum absolute atomic E-state index is 0. The van der Waals surface area contributed by atoms with Crippen molar-refractivity contribution >= 4 is 57.4 Å². The van der Waals surface area contributed by atoms with Crippen molar-refractivity contribution in [3.8, 4) is 0 Å². The smallest absolute Gasteiger partial charge is 0.244 e. The highest BCUT2D eigenvalue weighted by molar-refractivity contribution is 6.32. The van der Waals surface area contributed by atoms with Crippen molar-refractivity contribution < 1.29 is 9.53 Å². The lowest BCUT2D eigenvalue weighted by molar-refractivity contribution is -0.127. The van der Waals surface area contributed by atoms with Crippen LogP contribution in [0.1, 0.15) is 0 Å². The van der Waals surface area contributed by atoms with Crippen molar-refractivity contribution in [2.75, 3.05) is 38.2 Å². The Bertz CT molecular complexity index is 959. The van der Waals surface area contributed by atoms with Gasteiger partial charge in [-0.2, -0.15) is 0 Å². The van der Waals surface area contributed by atoms with Crippen molar-refractivity contribution in [3.63, 3.8) is 0 Å². The van der Waals surface area contributed by atoms with Gasteiger partial charge in [0.25, 0.3) is 0 Å². The van der Waals surface area contributed by atoms with E-state index in [1.807, 2.05) is 12.1 Å². The summed E-state index contributed by atoms with van der Waals surface area (Å²) in [6.07, 6.45) is 3.49. The average Bonchev–Trinajstić information content (AvgIpc) is 3.01. The summed E-state index contributed by atoms with van der Waals surface area (Å²) in [5.41, 5.74) is 8.04. The number of aromatic amines is 1. The summed E-state index contributed by atoms with van der Waals surface area (Å²) in [6.45, 7) is 2.81. The quantitative estimate of drug-likeness (QED) is 0.614. The Kier molecular flexibility index (Phi) is 6.18. The maximum Gasteiger partial charge on any atom is 0.244 e. The van der Waals surface area contributed by atoms with Crippen LogP contribution in [0.4, 0.5) is 5.69 Å². The van der Waals surface area contributed by atoms with Gasteiger partial charge in [-0.15, -0.1) is 12.4 Å². The molecule has 4 N–H and O–H groups in total. The second-order valence-corrected chi connectivity index (χ2v) is 6.76.